The van der Waals surface area contributed by atoms with Gasteiger partial charge in [0.1, 0.15) is 5.75 Å². The summed E-state index contributed by atoms with van der Waals surface area (Å²) in [5.41, 5.74) is 3.05. The van der Waals surface area contributed by atoms with Gasteiger partial charge in [0.25, 0.3) is 0 Å². The first kappa shape index (κ1) is 22.0. The number of halogens is 1. The molecule has 152 valence electrons. The van der Waals surface area contributed by atoms with Crippen molar-refractivity contribution in [1.82, 2.24) is 0 Å². The van der Waals surface area contributed by atoms with E-state index in [9.17, 15) is 13.2 Å². The number of hydrogen-bond donors (Lipinski definition) is 1. The van der Waals surface area contributed by atoms with Gasteiger partial charge >= 0.3 is 0 Å². The molecule has 0 atom stereocenters. The Morgan fingerprint density at radius 1 is 1.14 bits per heavy atom. The molecule has 0 heterocycles. The number of rotatable bonds is 8. The van der Waals surface area contributed by atoms with Crippen molar-refractivity contribution in [2.45, 2.75) is 26.7 Å². The summed E-state index contributed by atoms with van der Waals surface area (Å²) in [6.07, 6.45) is 1.70. The molecule has 1 N–H and O–H groups in total. The van der Waals surface area contributed by atoms with Crippen LogP contribution in [0.25, 0.3) is 0 Å². The maximum atomic E-state index is 12.3. The molecule has 6 nitrogen and oxygen atoms in total. The average molecular weight is 425 g/mol. The summed E-state index contributed by atoms with van der Waals surface area (Å²) in [5, 5.41) is 3.24. The van der Waals surface area contributed by atoms with E-state index in [0.717, 1.165) is 11.1 Å². The molecule has 0 aliphatic carbocycles. The Balaban J connectivity index is 2.04. The first-order valence-electron chi connectivity index (χ1n) is 8.79. The number of ether oxygens (including phenoxy) is 1. The summed E-state index contributed by atoms with van der Waals surface area (Å²) in [6, 6.07) is 10.6. The van der Waals surface area contributed by atoms with E-state index in [1.807, 2.05) is 32.0 Å². The molecule has 0 aliphatic heterocycles. The Hall–Kier alpha value is -2.25. The van der Waals surface area contributed by atoms with Gasteiger partial charge in [-0.3, -0.25) is 9.10 Å². The van der Waals surface area contributed by atoms with Crippen LogP contribution in [0.2, 0.25) is 5.02 Å². The van der Waals surface area contributed by atoms with Crippen LogP contribution < -0.4 is 14.4 Å². The van der Waals surface area contributed by atoms with Gasteiger partial charge in [0, 0.05) is 18.0 Å². The van der Waals surface area contributed by atoms with Gasteiger partial charge in [-0.15, -0.1) is 0 Å². The lowest BCUT2D eigenvalue weighted by atomic mass is 10.1. The molecule has 2 aromatic rings. The van der Waals surface area contributed by atoms with Crippen molar-refractivity contribution in [3.05, 3.63) is 52.5 Å². The number of nitrogens with zero attached hydrogens (tertiary/aromatic N) is 1. The molecule has 0 radical (unpaired) electrons. The van der Waals surface area contributed by atoms with E-state index in [1.54, 1.807) is 18.2 Å². The van der Waals surface area contributed by atoms with Gasteiger partial charge in [0.05, 0.1) is 24.7 Å². The molecule has 2 rings (SSSR count). The molecule has 0 spiro atoms. The van der Waals surface area contributed by atoms with E-state index in [-0.39, 0.29) is 18.9 Å². The third-order valence-electron chi connectivity index (χ3n) is 4.10. The molecule has 0 saturated heterocycles. The number of hydrogen-bond acceptors (Lipinski definition) is 4. The number of carbonyl (C=O) groups is 1. The van der Waals surface area contributed by atoms with Gasteiger partial charge in [-0.1, -0.05) is 17.7 Å². The highest BCUT2D eigenvalue weighted by Crippen LogP contribution is 2.28. The summed E-state index contributed by atoms with van der Waals surface area (Å²) >= 11 is 5.97. The molecular weight excluding hydrogens is 400 g/mol. The molecule has 0 saturated carbocycles. The van der Waals surface area contributed by atoms with E-state index in [4.69, 9.17) is 16.3 Å². The molecule has 28 heavy (non-hydrogen) atoms. The standard InChI is InChI=1S/C20H25ClN2O4S/c1-14-10-15(2)12-17(11-14)23(28(4,25)26)9-5-6-20(24)22-18-13-16(21)7-8-19(18)27-3/h7-8,10-13H,5-6,9H2,1-4H3,(H,22,24). The fraction of sp³-hybridized carbons (Fsp3) is 0.350. The summed E-state index contributed by atoms with van der Waals surface area (Å²) in [5.74, 6) is 0.264. The molecule has 0 fully saturated rings. The fourth-order valence-electron chi connectivity index (χ4n) is 2.95. The normalized spacial score (nSPS) is 11.2. The third kappa shape index (κ3) is 6.14. The largest absolute Gasteiger partial charge is 0.495 e. The minimum Gasteiger partial charge on any atom is -0.495 e. The van der Waals surface area contributed by atoms with Crippen molar-refractivity contribution >= 4 is 38.9 Å². The molecule has 1 amide bonds. The quantitative estimate of drug-likeness (QED) is 0.690. The number of methoxy groups -OCH3 is 1. The highest BCUT2D eigenvalue weighted by atomic mass is 35.5. The van der Waals surface area contributed by atoms with Crippen LogP contribution in [-0.2, 0) is 14.8 Å². The third-order valence-corrected chi connectivity index (χ3v) is 5.52. The maximum absolute atomic E-state index is 12.3. The zero-order valence-electron chi connectivity index (χ0n) is 16.5. The number of aryl methyl sites for hydroxylation is 2. The smallest absolute Gasteiger partial charge is 0.232 e. The molecule has 8 heteroatoms. The number of sulfonamides is 1. The molecule has 0 bridgehead atoms. The summed E-state index contributed by atoms with van der Waals surface area (Å²) in [6.45, 7) is 4.05. The van der Waals surface area contributed by atoms with Crippen LogP contribution in [0.4, 0.5) is 11.4 Å². The zero-order valence-corrected chi connectivity index (χ0v) is 18.0. The Labute approximate surface area is 171 Å². The van der Waals surface area contributed by atoms with E-state index in [0.29, 0.717) is 28.6 Å². The summed E-state index contributed by atoms with van der Waals surface area (Å²) in [4.78, 5) is 12.3. The zero-order chi connectivity index (χ0) is 20.9. The highest BCUT2D eigenvalue weighted by Gasteiger charge is 2.18. The molecular formula is C20H25ClN2O4S. The topological polar surface area (TPSA) is 75.7 Å². The van der Waals surface area contributed by atoms with Crippen LogP contribution in [0, 0.1) is 13.8 Å². The minimum atomic E-state index is -3.46. The van der Waals surface area contributed by atoms with E-state index < -0.39 is 10.0 Å². The fourth-order valence-corrected chi connectivity index (χ4v) is 4.08. The number of nitrogens with one attached hydrogen (secondary N) is 1. The second kappa shape index (κ2) is 9.30. The van der Waals surface area contributed by atoms with E-state index in [2.05, 4.69) is 5.32 Å². The van der Waals surface area contributed by atoms with Gasteiger partial charge in [-0.2, -0.15) is 0 Å². The SMILES string of the molecule is COc1ccc(Cl)cc1NC(=O)CCCN(c1cc(C)cc(C)c1)S(C)(=O)=O. The first-order valence-corrected chi connectivity index (χ1v) is 11.0. The van der Waals surface area contributed by atoms with Crippen LogP contribution in [0.15, 0.2) is 36.4 Å². The van der Waals surface area contributed by atoms with E-state index >= 15 is 0 Å². The van der Waals surface area contributed by atoms with Crippen LogP contribution in [0.1, 0.15) is 24.0 Å². The van der Waals surface area contributed by atoms with Crippen molar-refractivity contribution < 1.29 is 17.9 Å². The lowest BCUT2D eigenvalue weighted by molar-refractivity contribution is -0.116. The van der Waals surface area contributed by atoms with Crippen molar-refractivity contribution in [2.75, 3.05) is 29.5 Å². The van der Waals surface area contributed by atoms with Crippen molar-refractivity contribution in [1.29, 1.82) is 0 Å². The van der Waals surface area contributed by atoms with Crippen LogP contribution in [0.3, 0.4) is 0 Å². The van der Waals surface area contributed by atoms with Gasteiger partial charge in [0.15, 0.2) is 0 Å². The van der Waals surface area contributed by atoms with Gasteiger partial charge < -0.3 is 10.1 Å². The molecule has 2 aromatic carbocycles. The summed E-state index contributed by atoms with van der Waals surface area (Å²) < 4.78 is 31.0. The Bertz CT molecular complexity index is 940. The lowest BCUT2D eigenvalue weighted by Crippen LogP contribution is -2.31. The molecule has 0 aromatic heterocycles. The van der Waals surface area contributed by atoms with Crippen molar-refractivity contribution in [3.8, 4) is 5.75 Å². The molecule has 0 unspecified atom stereocenters. The second-order valence-corrected chi connectivity index (χ2v) is 9.02. The predicted octanol–water partition coefficient (Wildman–Crippen LogP) is 4.15. The average Bonchev–Trinajstić information content (AvgIpc) is 2.57. The first-order chi connectivity index (χ1) is 13.1. The maximum Gasteiger partial charge on any atom is 0.232 e. The van der Waals surface area contributed by atoms with Crippen LogP contribution in [0.5, 0.6) is 5.75 Å². The second-order valence-electron chi connectivity index (χ2n) is 6.68. The number of anilines is 2. The van der Waals surface area contributed by atoms with Crippen molar-refractivity contribution in [3.63, 3.8) is 0 Å². The number of amides is 1. The monoisotopic (exact) mass is 424 g/mol. The summed E-state index contributed by atoms with van der Waals surface area (Å²) in [7, 11) is -1.95. The number of benzene rings is 2. The Morgan fingerprint density at radius 2 is 1.79 bits per heavy atom. The Kier molecular flexibility index (Phi) is 7.32. The number of carbonyl (C=O) groups excluding carboxylic acids is 1. The van der Waals surface area contributed by atoms with Crippen LogP contribution >= 0.6 is 11.6 Å². The van der Waals surface area contributed by atoms with Gasteiger partial charge in [-0.25, -0.2) is 8.42 Å². The van der Waals surface area contributed by atoms with Crippen molar-refractivity contribution in [2.24, 2.45) is 0 Å². The van der Waals surface area contributed by atoms with Crippen LogP contribution in [-0.4, -0.2) is 34.2 Å². The Morgan fingerprint density at radius 3 is 2.36 bits per heavy atom. The highest BCUT2D eigenvalue weighted by molar-refractivity contribution is 7.92. The molecule has 0 aliphatic rings. The van der Waals surface area contributed by atoms with Gasteiger partial charge in [0.2, 0.25) is 15.9 Å². The van der Waals surface area contributed by atoms with E-state index in [1.165, 1.54) is 17.7 Å². The predicted molar refractivity (Wildman–Crippen MR) is 114 cm³/mol. The minimum absolute atomic E-state index is 0.159. The van der Waals surface area contributed by atoms with Gasteiger partial charge in [-0.05, 0) is 61.7 Å². The lowest BCUT2D eigenvalue weighted by Gasteiger charge is -2.23.